The van der Waals surface area contributed by atoms with Gasteiger partial charge in [-0.25, -0.2) is 0 Å². The molecule has 0 aliphatic heterocycles. The molecular weight excluding hydrogens is 186 g/mol. The van der Waals surface area contributed by atoms with Gasteiger partial charge < -0.3 is 10.2 Å². The standard InChI is InChI=1S/C12H25N3/c1-5-9-15(4)10-7-8-12(6-2,11-13)14-3/h14H,5-10H2,1-4H3. The van der Waals surface area contributed by atoms with Gasteiger partial charge in [-0.15, -0.1) is 0 Å². The first kappa shape index (κ1) is 14.4. The summed E-state index contributed by atoms with van der Waals surface area (Å²) in [6.45, 7) is 6.48. The summed E-state index contributed by atoms with van der Waals surface area (Å²) >= 11 is 0. The second-order valence-corrected chi connectivity index (χ2v) is 4.20. The number of nitrogens with zero attached hydrogens (tertiary/aromatic N) is 2. The smallest absolute Gasteiger partial charge is 0.106 e. The minimum Gasteiger partial charge on any atom is -0.306 e. The van der Waals surface area contributed by atoms with Gasteiger partial charge in [0.1, 0.15) is 5.54 Å². The zero-order valence-electron chi connectivity index (χ0n) is 10.6. The highest BCUT2D eigenvalue weighted by Gasteiger charge is 2.24. The van der Waals surface area contributed by atoms with Crippen LogP contribution in [0.3, 0.4) is 0 Å². The van der Waals surface area contributed by atoms with E-state index in [2.05, 4.69) is 37.2 Å². The number of rotatable bonds is 8. The topological polar surface area (TPSA) is 39.1 Å². The molecule has 0 aliphatic rings. The van der Waals surface area contributed by atoms with Gasteiger partial charge in [-0.05, 0) is 52.9 Å². The fourth-order valence-corrected chi connectivity index (χ4v) is 1.81. The van der Waals surface area contributed by atoms with E-state index in [0.29, 0.717) is 0 Å². The van der Waals surface area contributed by atoms with E-state index in [4.69, 9.17) is 5.26 Å². The Morgan fingerprint density at radius 1 is 1.33 bits per heavy atom. The summed E-state index contributed by atoms with van der Waals surface area (Å²) < 4.78 is 0. The maximum absolute atomic E-state index is 9.12. The summed E-state index contributed by atoms with van der Waals surface area (Å²) in [6, 6.07) is 2.39. The highest BCUT2D eigenvalue weighted by molar-refractivity contribution is 5.05. The average molecular weight is 211 g/mol. The molecule has 0 aromatic heterocycles. The van der Waals surface area contributed by atoms with Crippen LogP contribution in [0.2, 0.25) is 0 Å². The van der Waals surface area contributed by atoms with Crippen LogP contribution in [0.5, 0.6) is 0 Å². The molecule has 15 heavy (non-hydrogen) atoms. The third kappa shape index (κ3) is 5.15. The molecule has 0 aliphatic carbocycles. The molecule has 1 unspecified atom stereocenters. The molecule has 1 N–H and O–H groups in total. The molecule has 1 atom stereocenters. The van der Waals surface area contributed by atoms with E-state index < -0.39 is 0 Å². The fraction of sp³-hybridized carbons (Fsp3) is 0.917. The molecule has 0 rings (SSSR count). The fourth-order valence-electron chi connectivity index (χ4n) is 1.81. The number of hydrogen-bond acceptors (Lipinski definition) is 3. The second-order valence-electron chi connectivity index (χ2n) is 4.20. The summed E-state index contributed by atoms with van der Waals surface area (Å²) in [4.78, 5) is 2.33. The summed E-state index contributed by atoms with van der Waals surface area (Å²) in [5, 5.41) is 12.3. The average Bonchev–Trinajstić information content (AvgIpc) is 2.25. The maximum atomic E-state index is 9.12. The van der Waals surface area contributed by atoms with E-state index in [1.807, 2.05) is 7.05 Å². The lowest BCUT2D eigenvalue weighted by Crippen LogP contribution is -2.41. The first-order chi connectivity index (χ1) is 7.14. The summed E-state index contributed by atoms with van der Waals surface area (Å²) in [5.74, 6) is 0. The highest BCUT2D eigenvalue weighted by atomic mass is 15.1. The first-order valence-electron chi connectivity index (χ1n) is 5.92. The van der Waals surface area contributed by atoms with Crippen LogP contribution in [0.25, 0.3) is 0 Å². The largest absolute Gasteiger partial charge is 0.306 e. The Kier molecular flexibility index (Phi) is 7.37. The third-order valence-electron chi connectivity index (χ3n) is 3.04. The van der Waals surface area contributed by atoms with Crippen LogP contribution in [0, 0.1) is 11.3 Å². The predicted octanol–water partition coefficient (Wildman–Crippen LogP) is 2.00. The predicted molar refractivity (Wildman–Crippen MR) is 64.7 cm³/mol. The molecule has 3 heteroatoms. The Morgan fingerprint density at radius 3 is 2.40 bits per heavy atom. The van der Waals surface area contributed by atoms with Gasteiger partial charge in [-0.1, -0.05) is 13.8 Å². The van der Waals surface area contributed by atoms with Gasteiger partial charge >= 0.3 is 0 Å². The minimum absolute atomic E-state index is 0.312. The minimum atomic E-state index is -0.312. The molecule has 0 aromatic carbocycles. The maximum Gasteiger partial charge on any atom is 0.106 e. The quantitative estimate of drug-likeness (QED) is 0.667. The van der Waals surface area contributed by atoms with Crippen LogP contribution in [0.15, 0.2) is 0 Å². The van der Waals surface area contributed by atoms with Crippen molar-refractivity contribution >= 4 is 0 Å². The van der Waals surface area contributed by atoms with Crippen molar-refractivity contribution in [1.29, 1.82) is 5.26 Å². The van der Waals surface area contributed by atoms with E-state index in [0.717, 1.165) is 32.4 Å². The lowest BCUT2D eigenvalue weighted by molar-refractivity contribution is 0.300. The van der Waals surface area contributed by atoms with Crippen LogP contribution in [-0.2, 0) is 0 Å². The number of nitrogens with one attached hydrogen (secondary N) is 1. The molecule has 0 radical (unpaired) electrons. The van der Waals surface area contributed by atoms with E-state index in [9.17, 15) is 0 Å². The normalized spacial score (nSPS) is 14.9. The summed E-state index contributed by atoms with van der Waals surface area (Å²) in [7, 11) is 4.02. The van der Waals surface area contributed by atoms with Crippen molar-refractivity contribution in [1.82, 2.24) is 10.2 Å². The molecule has 0 spiro atoms. The molecule has 0 saturated heterocycles. The molecule has 0 heterocycles. The molecule has 0 fully saturated rings. The molecule has 0 amide bonds. The second kappa shape index (κ2) is 7.67. The first-order valence-corrected chi connectivity index (χ1v) is 5.92. The molecule has 0 saturated carbocycles. The van der Waals surface area contributed by atoms with Gasteiger partial charge in [0, 0.05) is 0 Å². The van der Waals surface area contributed by atoms with Gasteiger partial charge in [0.25, 0.3) is 0 Å². The molecule has 3 nitrogen and oxygen atoms in total. The van der Waals surface area contributed by atoms with Gasteiger partial charge in [0.05, 0.1) is 6.07 Å². The lowest BCUT2D eigenvalue weighted by Gasteiger charge is -2.25. The Hall–Kier alpha value is -0.590. The molecular formula is C12H25N3. The lowest BCUT2D eigenvalue weighted by atomic mass is 9.92. The Labute approximate surface area is 94.5 Å². The zero-order valence-corrected chi connectivity index (χ0v) is 10.6. The monoisotopic (exact) mass is 211 g/mol. The van der Waals surface area contributed by atoms with E-state index in [1.165, 1.54) is 6.42 Å². The van der Waals surface area contributed by atoms with Crippen molar-refractivity contribution < 1.29 is 0 Å². The van der Waals surface area contributed by atoms with Crippen LogP contribution in [0.1, 0.15) is 39.5 Å². The van der Waals surface area contributed by atoms with Crippen molar-refractivity contribution in [2.45, 2.75) is 45.1 Å². The molecule has 0 aromatic rings. The Bertz CT molecular complexity index is 192. The zero-order chi connectivity index (χ0) is 11.7. The third-order valence-corrected chi connectivity index (χ3v) is 3.04. The number of nitriles is 1. The van der Waals surface area contributed by atoms with Crippen molar-refractivity contribution in [3.63, 3.8) is 0 Å². The van der Waals surface area contributed by atoms with Crippen molar-refractivity contribution in [3.8, 4) is 6.07 Å². The van der Waals surface area contributed by atoms with E-state index in [1.54, 1.807) is 0 Å². The van der Waals surface area contributed by atoms with Crippen LogP contribution >= 0.6 is 0 Å². The highest BCUT2D eigenvalue weighted by Crippen LogP contribution is 2.15. The Morgan fingerprint density at radius 2 is 2.00 bits per heavy atom. The van der Waals surface area contributed by atoms with Crippen molar-refractivity contribution in [3.05, 3.63) is 0 Å². The van der Waals surface area contributed by atoms with E-state index >= 15 is 0 Å². The van der Waals surface area contributed by atoms with Crippen LogP contribution in [-0.4, -0.2) is 37.6 Å². The van der Waals surface area contributed by atoms with Gasteiger partial charge in [0.2, 0.25) is 0 Å². The van der Waals surface area contributed by atoms with E-state index in [-0.39, 0.29) is 5.54 Å². The molecule has 88 valence electrons. The van der Waals surface area contributed by atoms with Gasteiger partial charge in [0.15, 0.2) is 0 Å². The summed E-state index contributed by atoms with van der Waals surface area (Å²) in [6.07, 6.45) is 4.08. The van der Waals surface area contributed by atoms with Gasteiger partial charge in [-0.3, -0.25) is 0 Å². The number of hydrogen-bond donors (Lipinski definition) is 1. The Balaban J connectivity index is 3.87. The van der Waals surface area contributed by atoms with Crippen LogP contribution in [0.4, 0.5) is 0 Å². The molecule has 0 bridgehead atoms. The van der Waals surface area contributed by atoms with Crippen molar-refractivity contribution in [2.24, 2.45) is 0 Å². The summed E-state index contributed by atoms with van der Waals surface area (Å²) in [5.41, 5.74) is -0.312. The SMILES string of the molecule is CCCN(C)CCCC(C#N)(CC)NC. The van der Waals surface area contributed by atoms with Gasteiger partial charge in [-0.2, -0.15) is 5.26 Å². The van der Waals surface area contributed by atoms with Crippen LogP contribution < -0.4 is 5.32 Å². The van der Waals surface area contributed by atoms with Crippen molar-refractivity contribution in [2.75, 3.05) is 27.2 Å².